The number of alkyl halides is 3. The molecule has 9 heteroatoms. The molecule has 0 bridgehead atoms. The van der Waals surface area contributed by atoms with E-state index >= 15 is 0 Å². The molecular formula is C31H36F3N3O3. The van der Waals surface area contributed by atoms with Crippen LogP contribution in [0.1, 0.15) is 39.5 Å². The van der Waals surface area contributed by atoms with Gasteiger partial charge in [0.05, 0.1) is 11.0 Å². The molecule has 0 aromatic heterocycles. The number of ether oxygens (including phenoxy) is 1. The number of fused-ring (bicyclic) bond motifs is 1. The van der Waals surface area contributed by atoms with E-state index in [2.05, 4.69) is 30.5 Å². The zero-order valence-corrected chi connectivity index (χ0v) is 23.0. The fourth-order valence-electron chi connectivity index (χ4n) is 4.84. The monoisotopic (exact) mass is 555 g/mol. The fourth-order valence-corrected chi connectivity index (χ4v) is 4.84. The number of hydrogen-bond acceptors (Lipinski definition) is 4. The van der Waals surface area contributed by atoms with Crippen LogP contribution in [-0.2, 0) is 14.3 Å². The summed E-state index contributed by atoms with van der Waals surface area (Å²) >= 11 is 0. The van der Waals surface area contributed by atoms with Gasteiger partial charge in [0.15, 0.2) is 6.61 Å². The van der Waals surface area contributed by atoms with Gasteiger partial charge in [-0.3, -0.25) is 14.6 Å². The quantitative estimate of drug-likeness (QED) is 0.151. The standard InChI is InChI=1S/C28H32F3N3O3.C3H4/c1-4-21(28(29,30)31)24(5-2)37-20-25(35)33-18-14-27(15-19-33)22-12-8-7-9-13-23(22)34(26(27)36)17-11-10-16-32-6-3;1-3-2/h4-6,8-10,12-13,16H,1-2,7,11,14-15,17-20H2,3H3;1H,2H3/b16-10-,24-21-,32-6?;. The van der Waals surface area contributed by atoms with Crippen molar-refractivity contribution in [2.75, 3.05) is 26.2 Å². The number of amides is 2. The van der Waals surface area contributed by atoms with Crippen molar-refractivity contribution >= 4 is 18.0 Å². The van der Waals surface area contributed by atoms with Gasteiger partial charge in [0.1, 0.15) is 5.76 Å². The van der Waals surface area contributed by atoms with Gasteiger partial charge in [-0.25, -0.2) is 0 Å². The summed E-state index contributed by atoms with van der Waals surface area (Å²) in [5.41, 5.74) is 0.0255. The first-order valence-corrected chi connectivity index (χ1v) is 13.0. The van der Waals surface area contributed by atoms with Gasteiger partial charge in [-0.05, 0) is 57.3 Å². The number of halogens is 3. The minimum Gasteiger partial charge on any atom is -0.483 e. The van der Waals surface area contributed by atoms with Crippen LogP contribution in [0.2, 0.25) is 0 Å². The number of likely N-dealkylation sites (tertiary alicyclic amines) is 1. The van der Waals surface area contributed by atoms with E-state index < -0.39 is 35.4 Å². The number of nitrogens with zero attached hydrogens (tertiary/aromatic N) is 3. The summed E-state index contributed by atoms with van der Waals surface area (Å²) in [4.78, 5) is 33.9. The molecule has 2 amide bonds. The molecule has 0 saturated carbocycles. The molecule has 0 unspecified atom stereocenters. The van der Waals surface area contributed by atoms with E-state index in [0.717, 1.165) is 23.8 Å². The lowest BCUT2D eigenvalue weighted by Gasteiger charge is -2.39. The zero-order valence-electron chi connectivity index (χ0n) is 23.0. The highest BCUT2D eigenvalue weighted by Crippen LogP contribution is 2.49. The van der Waals surface area contributed by atoms with E-state index in [1.54, 1.807) is 19.3 Å². The summed E-state index contributed by atoms with van der Waals surface area (Å²) in [7, 11) is 0. The molecule has 3 rings (SSSR count). The maximum absolute atomic E-state index is 13.7. The normalized spacial score (nSPS) is 18.8. The lowest BCUT2D eigenvalue weighted by Crippen LogP contribution is -2.49. The van der Waals surface area contributed by atoms with Gasteiger partial charge in [0.2, 0.25) is 5.91 Å². The van der Waals surface area contributed by atoms with Gasteiger partial charge in [-0.2, -0.15) is 13.2 Å². The molecule has 2 aliphatic heterocycles. The van der Waals surface area contributed by atoms with E-state index in [1.807, 2.05) is 42.2 Å². The molecule has 0 aromatic rings. The SMILES string of the molecule is C#CC.C=C/C(OCC(=O)N1CCC2(CC1)C(=O)N(CC/C=C\N=CC)C1=C2C=CCC=C1)=C(\C=C)C(F)(F)F. The lowest BCUT2D eigenvalue weighted by molar-refractivity contribution is -0.143. The van der Waals surface area contributed by atoms with Crippen molar-refractivity contribution < 1.29 is 27.5 Å². The summed E-state index contributed by atoms with van der Waals surface area (Å²) in [5.74, 6) is 1.27. The van der Waals surface area contributed by atoms with Crippen molar-refractivity contribution in [2.45, 2.75) is 45.7 Å². The molecule has 0 radical (unpaired) electrons. The summed E-state index contributed by atoms with van der Waals surface area (Å²) < 4.78 is 44.7. The third-order valence-corrected chi connectivity index (χ3v) is 6.71. The predicted molar refractivity (Wildman–Crippen MR) is 152 cm³/mol. The van der Waals surface area contributed by atoms with Crippen molar-refractivity contribution in [3.63, 3.8) is 0 Å². The molecule has 2 heterocycles. The largest absolute Gasteiger partial charge is 0.483 e. The second-order valence-electron chi connectivity index (χ2n) is 9.10. The minimum absolute atomic E-state index is 0.0159. The van der Waals surface area contributed by atoms with Crippen molar-refractivity contribution in [3.8, 4) is 12.3 Å². The number of carbonyl (C=O) groups is 2. The predicted octanol–water partition coefficient (Wildman–Crippen LogP) is 6.05. The molecule has 1 saturated heterocycles. The number of aliphatic imine (C=N–C) groups is 1. The molecular weight excluding hydrogens is 519 g/mol. The molecule has 1 fully saturated rings. The highest BCUT2D eigenvalue weighted by atomic mass is 19.4. The Morgan fingerprint density at radius 1 is 1.23 bits per heavy atom. The second kappa shape index (κ2) is 14.9. The molecule has 6 nitrogen and oxygen atoms in total. The summed E-state index contributed by atoms with van der Waals surface area (Å²) in [6.45, 7) is 10.6. The van der Waals surface area contributed by atoms with Crippen LogP contribution < -0.4 is 0 Å². The van der Waals surface area contributed by atoms with Crippen LogP contribution in [0, 0.1) is 17.8 Å². The van der Waals surface area contributed by atoms with Crippen molar-refractivity contribution in [1.82, 2.24) is 9.80 Å². The van der Waals surface area contributed by atoms with Crippen LogP contribution in [0.4, 0.5) is 13.2 Å². The molecule has 0 atom stereocenters. The van der Waals surface area contributed by atoms with Crippen LogP contribution in [0.5, 0.6) is 0 Å². The van der Waals surface area contributed by atoms with Gasteiger partial charge in [-0.1, -0.05) is 43.5 Å². The van der Waals surface area contributed by atoms with Crippen LogP contribution in [-0.4, -0.2) is 60.2 Å². The fraction of sp³-hybridized carbons (Fsp3) is 0.387. The molecule has 3 aliphatic rings. The Hall–Kier alpha value is -4.06. The number of terminal acetylenes is 1. The number of hydrogen-bond donors (Lipinski definition) is 0. The molecule has 0 N–H and O–H groups in total. The van der Waals surface area contributed by atoms with Crippen LogP contribution in [0.3, 0.4) is 0 Å². The average molecular weight is 556 g/mol. The Bertz CT molecular complexity index is 1190. The molecule has 1 spiro atoms. The summed E-state index contributed by atoms with van der Waals surface area (Å²) in [6.07, 6.45) is 17.1. The Kier molecular flexibility index (Phi) is 12.0. The Labute approximate surface area is 234 Å². The van der Waals surface area contributed by atoms with Gasteiger partial charge in [0, 0.05) is 37.7 Å². The van der Waals surface area contributed by atoms with Gasteiger partial charge < -0.3 is 14.5 Å². The number of rotatable bonds is 9. The number of allylic oxidation sites excluding steroid dienone is 7. The smallest absolute Gasteiger partial charge is 0.419 e. The van der Waals surface area contributed by atoms with E-state index in [1.165, 1.54) is 4.90 Å². The topological polar surface area (TPSA) is 62.2 Å². The molecule has 214 valence electrons. The van der Waals surface area contributed by atoms with Crippen molar-refractivity contribution in [2.24, 2.45) is 10.4 Å². The highest BCUT2D eigenvalue weighted by Gasteiger charge is 2.52. The summed E-state index contributed by atoms with van der Waals surface area (Å²) in [5, 5.41) is 0. The Balaban J connectivity index is 0.00000178. The van der Waals surface area contributed by atoms with Gasteiger partial charge >= 0.3 is 6.18 Å². The first kappa shape index (κ1) is 32.2. The van der Waals surface area contributed by atoms with E-state index in [0.29, 0.717) is 45.0 Å². The third kappa shape index (κ3) is 7.53. The number of piperidine rings is 1. The maximum atomic E-state index is 13.7. The third-order valence-electron chi connectivity index (χ3n) is 6.71. The van der Waals surface area contributed by atoms with E-state index in [4.69, 9.17) is 4.74 Å². The van der Waals surface area contributed by atoms with E-state index in [9.17, 15) is 22.8 Å². The zero-order chi connectivity index (χ0) is 29.8. The van der Waals surface area contributed by atoms with Gasteiger partial charge in [0.25, 0.3) is 5.91 Å². The summed E-state index contributed by atoms with van der Waals surface area (Å²) in [6, 6.07) is 0. The highest BCUT2D eigenvalue weighted by molar-refractivity contribution is 5.93. The molecule has 40 heavy (non-hydrogen) atoms. The van der Waals surface area contributed by atoms with Crippen LogP contribution in [0.15, 0.2) is 89.5 Å². The Morgan fingerprint density at radius 2 is 1.88 bits per heavy atom. The maximum Gasteiger partial charge on any atom is 0.419 e. The second-order valence-corrected chi connectivity index (χ2v) is 9.10. The van der Waals surface area contributed by atoms with Crippen LogP contribution >= 0.6 is 0 Å². The van der Waals surface area contributed by atoms with Gasteiger partial charge in [-0.15, -0.1) is 12.3 Å². The van der Waals surface area contributed by atoms with Crippen LogP contribution in [0.25, 0.3) is 0 Å². The first-order chi connectivity index (χ1) is 19.1. The van der Waals surface area contributed by atoms with Crippen molar-refractivity contribution in [3.05, 3.63) is 84.5 Å². The first-order valence-electron chi connectivity index (χ1n) is 13.0. The molecule has 0 aromatic carbocycles. The number of carbonyl (C=O) groups excluding carboxylic acids is 2. The van der Waals surface area contributed by atoms with E-state index in [-0.39, 0.29) is 5.91 Å². The Morgan fingerprint density at radius 3 is 2.45 bits per heavy atom. The molecule has 1 aliphatic carbocycles. The lowest BCUT2D eigenvalue weighted by atomic mass is 9.72. The van der Waals surface area contributed by atoms with Crippen molar-refractivity contribution in [1.29, 1.82) is 0 Å². The average Bonchev–Trinajstić information content (AvgIpc) is 3.07. The minimum atomic E-state index is -4.67.